The van der Waals surface area contributed by atoms with E-state index in [4.69, 9.17) is 4.74 Å². The van der Waals surface area contributed by atoms with Crippen LogP contribution < -0.4 is 5.32 Å². The van der Waals surface area contributed by atoms with Crippen molar-refractivity contribution >= 4 is 5.91 Å². The molecule has 124 valence electrons. The zero-order valence-corrected chi connectivity index (χ0v) is 14.3. The molecular formula is C18H25N3O2. The molecule has 0 spiro atoms. The van der Waals surface area contributed by atoms with Crippen LogP contribution in [0.1, 0.15) is 34.2 Å². The predicted octanol–water partition coefficient (Wildman–Crippen LogP) is 2.71. The van der Waals surface area contributed by atoms with Gasteiger partial charge in [0.2, 0.25) is 0 Å². The Bertz CT molecular complexity index is 664. The van der Waals surface area contributed by atoms with Crippen molar-refractivity contribution in [3.63, 3.8) is 0 Å². The number of carbonyl (C=O) groups excluding carboxylic acids is 1. The minimum Gasteiger partial charge on any atom is -0.380 e. The summed E-state index contributed by atoms with van der Waals surface area (Å²) in [7, 11) is 1.65. The molecule has 0 aliphatic carbocycles. The van der Waals surface area contributed by atoms with Crippen molar-refractivity contribution < 1.29 is 9.53 Å². The monoisotopic (exact) mass is 315 g/mol. The lowest BCUT2D eigenvalue weighted by atomic mass is 10.1. The van der Waals surface area contributed by atoms with E-state index < -0.39 is 0 Å². The molecule has 0 saturated heterocycles. The molecule has 1 atom stereocenters. The predicted molar refractivity (Wildman–Crippen MR) is 90.4 cm³/mol. The van der Waals surface area contributed by atoms with Gasteiger partial charge in [0, 0.05) is 31.5 Å². The number of nitrogens with one attached hydrogen (secondary N) is 1. The molecule has 1 N–H and O–H groups in total. The molecule has 5 nitrogen and oxygen atoms in total. The van der Waals surface area contributed by atoms with Crippen molar-refractivity contribution in [2.24, 2.45) is 5.92 Å². The fourth-order valence-electron chi connectivity index (χ4n) is 2.56. The molecule has 0 radical (unpaired) electrons. The molecule has 0 saturated carbocycles. The standard InChI is InChI=1S/C18H25N3O2/c1-13(11-21-15(3)8-14(2)20-21)10-19-18(22)17-7-5-6-16(9-17)12-23-4/h5-9,13H,10-12H2,1-4H3,(H,19,22). The van der Waals surface area contributed by atoms with Gasteiger partial charge in [0.15, 0.2) is 0 Å². The number of aryl methyl sites for hydroxylation is 2. The maximum absolute atomic E-state index is 12.3. The van der Waals surface area contributed by atoms with Crippen LogP contribution in [0.5, 0.6) is 0 Å². The highest BCUT2D eigenvalue weighted by Gasteiger charge is 2.10. The number of ether oxygens (including phenoxy) is 1. The number of nitrogens with zero attached hydrogens (tertiary/aromatic N) is 2. The molecule has 0 aliphatic heterocycles. The Morgan fingerprint density at radius 1 is 1.35 bits per heavy atom. The topological polar surface area (TPSA) is 56.1 Å². The van der Waals surface area contributed by atoms with Crippen LogP contribution in [0.15, 0.2) is 30.3 Å². The summed E-state index contributed by atoms with van der Waals surface area (Å²) < 4.78 is 7.09. The first-order chi connectivity index (χ1) is 11.0. The number of aromatic nitrogens is 2. The van der Waals surface area contributed by atoms with Crippen LogP contribution in [0.3, 0.4) is 0 Å². The third-order valence-corrected chi connectivity index (χ3v) is 3.70. The Hall–Kier alpha value is -2.14. The lowest BCUT2D eigenvalue weighted by Gasteiger charge is -2.14. The van der Waals surface area contributed by atoms with E-state index in [-0.39, 0.29) is 5.91 Å². The number of benzene rings is 1. The lowest BCUT2D eigenvalue weighted by molar-refractivity contribution is 0.0946. The highest BCUT2D eigenvalue weighted by Crippen LogP contribution is 2.08. The number of rotatable bonds is 7. The Kier molecular flexibility index (Phi) is 5.93. The second-order valence-electron chi connectivity index (χ2n) is 6.06. The molecule has 23 heavy (non-hydrogen) atoms. The Morgan fingerprint density at radius 3 is 2.78 bits per heavy atom. The van der Waals surface area contributed by atoms with Crippen molar-refractivity contribution in [3.8, 4) is 0 Å². The lowest BCUT2D eigenvalue weighted by Crippen LogP contribution is -2.30. The number of hydrogen-bond acceptors (Lipinski definition) is 3. The van der Waals surface area contributed by atoms with Gasteiger partial charge in [-0.15, -0.1) is 0 Å². The highest BCUT2D eigenvalue weighted by atomic mass is 16.5. The van der Waals surface area contributed by atoms with Crippen molar-refractivity contribution in [1.82, 2.24) is 15.1 Å². The number of methoxy groups -OCH3 is 1. The second-order valence-corrected chi connectivity index (χ2v) is 6.06. The van der Waals surface area contributed by atoms with E-state index in [1.54, 1.807) is 7.11 Å². The maximum atomic E-state index is 12.3. The molecule has 0 bridgehead atoms. The normalized spacial score (nSPS) is 12.2. The Morgan fingerprint density at radius 2 is 2.13 bits per heavy atom. The van der Waals surface area contributed by atoms with Gasteiger partial charge in [0.25, 0.3) is 5.91 Å². The number of amides is 1. The zero-order valence-electron chi connectivity index (χ0n) is 14.3. The van der Waals surface area contributed by atoms with Crippen LogP contribution in [0, 0.1) is 19.8 Å². The molecule has 1 amide bonds. The van der Waals surface area contributed by atoms with Crippen LogP contribution in [0.2, 0.25) is 0 Å². The summed E-state index contributed by atoms with van der Waals surface area (Å²) in [6, 6.07) is 9.57. The van der Waals surface area contributed by atoms with Gasteiger partial charge in [-0.05, 0) is 43.5 Å². The van der Waals surface area contributed by atoms with Gasteiger partial charge in [-0.1, -0.05) is 19.1 Å². The quantitative estimate of drug-likeness (QED) is 0.854. The number of carbonyl (C=O) groups is 1. The second kappa shape index (κ2) is 7.92. The summed E-state index contributed by atoms with van der Waals surface area (Å²) in [5, 5.41) is 7.45. The van der Waals surface area contributed by atoms with Crippen LogP contribution in [-0.4, -0.2) is 29.3 Å². The third kappa shape index (κ3) is 4.93. The molecule has 0 fully saturated rings. The highest BCUT2D eigenvalue weighted by molar-refractivity contribution is 5.94. The minimum atomic E-state index is -0.0526. The van der Waals surface area contributed by atoms with Crippen molar-refractivity contribution in [2.75, 3.05) is 13.7 Å². The van der Waals surface area contributed by atoms with E-state index in [1.165, 1.54) is 0 Å². The van der Waals surface area contributed by atoms with E-state index in [9.17, 15) is 4.79 Å². The molecule has 1 aromatic heterocycles. The average Bonchev–Trinajstić information content (AvgIpc) is 2.83. The van der Waals surface area contributed by atoms with Gasteiger partial charge in [0.05, 0.1) is 12.3 Å². The van der Waals surface area contributed by atoms with Gasteiger partial charge < -0.3 is 10.1 Å². The zero-order chi connectivity index (χ0) is 16.8. The number of hydrogen-bond donors (Lipinski definition) is 1. The first-order valence-corrected chi connectivity index (χ1v) is 7.86. The summed E-state index contributed by atoms with van der Waals surface area (Å²) in [4.78, 5) is 12.3. The first kappa shape index (κ1) is 17.2. The van der Waals surface area contributed by atoms with Gasteiger partial charge in [-0.2, -0.15) is 5.10 Å². The third-order valence-electron chi connectivity index (χ3n) is 3.70. The van der Waals surface area contributed by atoms with Crippen LogP contribution in [-0.2, 0) is 17.9 Å². The van der Waals surface area contributed by atoms with E-state index in [1.807, 2.05) is 42.8 Å². The fourth-order valence-corrected chi connectivity index (χ4v) is 2.56. The van der Waals surface area contributed by atoms with Gasteiger partial charge >= 0.3 is 0 Å². The molecule has 2 rings (SSSR count). The van der Waals surface area contributed by atoms with Crippen LogP contribution in [0.4, 0.5) is 0 Å². The van der Waals surface area contributed by atoms with E-state index in [0.29, 0.717) is 24.6 Å². The molecule has 1 unspecified atom stereocenters. The SMILES string of the molecule is COCc1cccc(C(=O)NCC(C)Cn2nc(C)cc2C)c1. The largest absolute Gasteiger partial charge is 0.380 e. The van der Waals surface area contributed by atoms with Crippen LogP contribution >= 0.6 is 0 Å². The van der Waals surface area contributed by atoms with E-state index in [2.05, 4.69) is 23.4 Å². The molecule has 1 aromatic carbocycles. The van der Waals surface area contributed by atoms with Gasteiger partial charge in [-0.3, -0.25) is 9.48 Å². The van der Waals surface area contributed by atoms with Gasteiger partial charge in [0.1, 0.15) is 0 Å². The fraction of sp³-hybridized carbons (Fsp3) is 0.444. The smallest absolute Gasteiger partial charge is 0.251 e. The van der Waals surface area contributed by atoms with E-state index in [0.717, 1.165) is 23.5 Å². The minimum absolute atomic E-state index is 0.0526. The Labute approximate surface area is 137 Å². The molecule has 0 aliphatic rings. The summed E-state index contributed by atoms with van der Waals surface area (Å²) in [5.74, 6) is 0.252. The maximum Gasteiger partial charge on any atom is 0.251 e. The molecule has 5 heteroatoms. The van der Waals surface area contributed by atoms with E-state index >= 15 is 0 Å². The first-order valence-electron chi connectivity index (χ1n) is 7.86. The Balaban J connectivity index is 1.88. The van der Waals surface area contributed by atoms with Crippen molar-refractivity contribution in [3.05, 3.63) is 52.8 Å². The molecule has 1 heterocycles. The average molecular weight is 315 g/mol. The summed E-state index contributed by atoms with van der Waals surface area (Å²) in [6.07, 6.45) is 0. The summed E-state index contributed by atoms with van der Waals surface area (Å²) in [6.45, 7) is 8.07. The molecular weight excluding hydrogens is 290 g/mol. The molecule has 2 aromatic rings. The van der Waals surface area contributed by atoms with Crippen LogP contribution in [0.25, 0.3) is 0 Å². The summed E-state index contributed by atoms with van der Waals surface area (Å²) >= 11 is 0. The van der Waals surface area contributed by atoms with Crippen molar-refractivity contribution in [2.45, 2.75) is 33.9 Å². The van der Waals surface area contributed by atoms with Gasteiger partial charge in [-0.25, -0.2) is 0 Å². The van der Waals surface area contributed by atoms with Crippen molar-refractivity contribution in [1.29, 1.82) is 0 Å². The summed E-state index contributed by atoms with van der Waals surface area (Å²) in [5.41, 5.74) is 3.83.